The molecule has 1 atom stereocenters. The number of hydrogen-bond donors (Lipinski definition) is 1. The average Bonchev–Trinajstić information content (AvgIpc) is 3.22. The molecular formula is C23H27FN4O3. The van der Waals surface area contributed by atoms with E-state index in [9.17, 15) is 9.18 Å². The van der Waals surface area contributed by atoms with Crippen molar-refractivity contribution >= 4 is 5.91 Å². The highest BCUT2D eigenvalue weighted by atomic mass is 19.1. The summed E-state index contributed by atoms with van der Waals surface area (Å²) in [6.07, 6.45) is 0.552. The molecule has 8 heteroatoms. The van der Waals surface area contributed by atoms with Crippen LogP contribution in [0.5, 0.6) is 5.75 Å². The summed E-state index contributed by atoms with van der Waals surface area (Å²) in [7, 11) is 3.78. The molecule has 7 nitrogen and oxygen atoms in total. The van der Waals surface area contributed by atoms with E-state index in [0.717, 1.165) is 16.9 Å². The molecule has 0 radical (unpaired) electrons. The molecule has 3 aromatic rings. The first-order chi connectivity index (χ1) is 15.0. The Balaban J connectivity index is 1.51. The molecule has 3 rings (SSSR count). The zero-order chi connectivity index (χ0) is 22.2. The second-order valence-electron chi connectivity index (χ2n) is 7.31. The van der Waals surface area contributed by atoms with Crippen LogP contribution in [0.3, 0.4) is 0 Å². The van der Waals surface area contributed by atoms with E-state index < -0.39 is 0 Å². The number of nitrogens with one attached hydrogen (secondary N) is 1. The summed E-state index contributed by atoms with van der Waals surface area (Å²) in [6.45, 7) is 2.90. The van der Waals surface area contributed by atoms with Gasteiger partial charge in [0.2, 0.25) is 17.6 Å². The summed E-state index contributed by atoms with van der Waals surface area (Å²) < 4.78 is 24.2. The number of benzene rings is 2. The van der Waals surface area contributed by atoms with Gasteiger partial charge in [0.1, 0.15) is 11.6 Å². The van der Waals surface area contributed by atoms with Crippen molar-refractivity contribution in [1.82, 2.24) is 20.4 Å². The van der Waals surface area contributed by atoms with E-state index in [1.165, 1.54) is 12.1 Å². The van der Waals surface area contributed by atoms with Gasteiger partial charge in [-0.05, 0) is 63.0 Å². The number of halogens is 1. The monoisotopic (exact) mass is 426 g/mol. The molecule has 0 spiro atoms. The zero-order valence-electron chi connectivity index (χ0n) is 18.0. The van der Waals surface area contributed by atoms with E-state index in [-0.39, 0.29) is 24.2 Å². The molecule has 31 heavy (non-hydrogen) atoms. The van der Waals surface area contributed by atoms with Crippen LogP contribution in [0.4, 0.5) is 4.39 Å². The Bertz CT molecular complexity index is 988. The van der Waals surface area contributed by atoms with Gasteiger partial charge < -0.3 is 19.5 Å². The number of aryl methyl sites for hydroxylation is 1. The lowest BCUT2D eigenvalue weighted by atomic mass is 10.1. The summed E-state index contributed by atoms with van der Waals surface area (Å²) in [4.78, 5) is 18.6. The van der Waals surface area contributed by atoms with E-state index >= 15 is 0 Å². The van der Waals surface area contributed by atoms with Crippen molar-refractivity contribution in [2.24, 2.45) is 0 Å². The van der Waals surface area contributed by atoms with Crippen molar-refractivity contribution in [3.05, 3.63) is 65.8 Å². The summed E-state index contributed by atoms with van der Waals surface area (Å²) in [5.74, 6) is 1.21. The van der Waals surface area contributed by atoms with Crippen LogP contribution in [0.2, 0.25) is 0 Å². The first-order valence-corrected chi connectivity index (χ1v) is 10.2. The maximum absolute atomic E-state index is 13.5. The molecule has 0 aliphatic rings. The normalized spacial score (nSPS) is 12.0. The van der Waals surface area contributed by atoms with Crippen LogP contribution in [-0.4, -0.2) is 48.2 Å². The summed E-state index contributed by atoms with van der Waals surface area (Å²) in [5, 5.41) is 6.89. The van der Waals surface area contributed by atoms with Crippen molar-refractivity contribution in [1.29, 1.82) is 0 Å². The van der Waals surface area contributed by atoms with Crippen LogP contribution in [0.15, 0.2) is 53.1 Å². The van der Waals surface area contributed by atoms with Crippen molar-refractivity contribution in [2.45, 2.75) is 25.8 Å². The number of carbonyl (C=O) groups is 1. The minimum Gasteiger partial charge on any atom is -0.494 e. The number of hydrogen-bond acceptors (Lipinski definition) is 6. The number of nitrogens with zero attached hydrogens (tertiary/aromatic N) is 3. The van der Waals surface area contributed by atoms with Crippen molar-refractivity contribution in [3.8, 4) is 17.1 Å². The van der Waals surface area contributed by atoms with Crippen molar-refractivity contribution in [2.75, 3.05) is 27.2 Å². The standard InChI is InChI=1S/C23H27FN4O3/c1-4-30-19-10-8-16(9-11-19)23-26-22(31-27-23)13-12-21(29)25-15-20(28(2)3)17-6-5-7-18(24)14-17/h5-11,14,20H,4,12-13,15H2,1-3H3,(H,25,29). The van der Waals surface area contributed by atoms with Gasteiger partial charge in [-0.3, -0.25) is 4.79 Å². The molecule has 1 unspecified atom stereocenters. The summed E-state index contributed by atoms with van der Waals surface area (Å²) in [5.41, 5.74) is 1.62. The van der Waals surface area contributed by atoms with E-state index in [1.807, 2.05) is 56.3 Å². The van der Waals surface area contributed by atoms with E-state index in [2.05, 4.69) is 15.5 Å². The lowest BCUT2D eigenvalue weighted by Crippen LogP contribution is -2.34. The van der Waals surface area contributed by atoms with Gasteiger partial charge in [-0.1, -0.05) is 17.3 Å². The van der Waals surface area contributed by atoms with Gasteiger partial charge in [0.05, 0.1) is 12.6 Å². The van der Waals surface area contributed by atoms with Gasteiger partial charge in [0, 0.05) is 24.9 Å². The molecule has 0 saturated heterocycles. The van der Waals surface area contributed by atoms with Crippen LogP contribution in [0.25, 0.3) is 11.4 Å². The maximum atomic E-state index is 13.5. The second-order valence-corrected chi connectivity index (χ2v) is 7.31. The van der Waals surface area contributed by atoms with Crippen LogP contribution in [-0.2, 0) is 11.2 Å². The number of rotatable bonds is 10. The SMILES string of the molecule is CCOc1ccc(-c2noc(CCC(=O)NCC(c3cccc(F)c3)N(C)C)n2)cc1. The smallest absolute Gasteiger partial charge is 0.227 e. The zero-order valence-corrected chi connectivity index (χ0v) is 18.0. The third kappa shape index (κ3) is 6.36. The largest absolute Gasteiger partial charge is 0.494 e. The minimum absolute atomic E-state index is 0.130. The van der Waals surface area contributed by atoms with Gasteiger partial charge in [0.15, 0.2) is 0 Å². The summed E-state index contributed by atoms with van der Waals surface area (Å²) in [6, 6.07) is 13.7. The average molecular weight is 426 g/mol. The lowest BCUT2D eigenvalue weighted by Gasteiger charge is -2.25. The predicted molar refractivity (Wildman–Crippen MR) is 115 cm³/mol. The first-order valence-electron chi connectivity index (χ1n) is 10.2. The van der Waals surface area contributed by atoms with Gasteiger partial charge in [0.25, 0.3) is 0 Å². The fourth-order valence-electron chi connectivity index (χ4n) is 3.17. The number of carbonyl (C=O) groups excluding carboxylic acids is 1. The molecule has 0 aliphatic heterocycles. The Morgan fingerprint density at radius 2 is 2.00 bits per heavy atom. The third-order valence-electron chi connectivity index (χ3n) is 4.81. The van der Waals surface area contributed by atoms with E-state index in [4.69, 9.17) is 9.26 Å². The fourth-order valence-corrected chi connectivity index (χ4v) is 3.17. The van der Waals surface area contributed by atoms with Gasteiger partial charge >= 0.3 is 0 Å². The summed E-state index contributed by atoms with van der Waals surface area (Å²) >= 11 is 0. The number of likely N-dealkylation sites (N-methyl/N-ethyl adjacent to an activating group) is 1. The molecule has 0 bridgehead atoms. The first kappa shape index (κ1) is 22.4. The highest BCUT2D eigenvalue weighted by Crippen LogP contribution is 2.21. The Kier molecular flexibility index (Phi) is 7.72. The van der Waals surface area contributed by atoms with Crippen LogP contribution >= 0.6 is 0 Å². The molecule has 1 N–H and O–H groups in total. The number of ether oxygens (including phenoxy) is 1. The second kappa shape index (κ2) is 10.7. The molecule has 0 fully saturated rings. The fraction of sp³-hybridized carbons (Fsp3) is 0.348. The van der Waals surface area contributed by atoms with Gasteiger partial charge in [-0.25, -0.2) is 4.39 Å². The quantitative estimate of drug-likeness (QED) is 0.533. The Labute approximate surface area is 181 Å². The van der Waals surface area contributed by atoms with Gasteiger partial charge in [-0.15, -0.1) is 0 Å². The molecule has 0 aliphatic carbocycles. The minimum atomic E-state index is -0.296. The Morgan fingerprint density at radius 3 is 2.68 bits per heavy atom. The number of amides is 1. The topological polar surface area (TPSA) is 80.5 Å². The highest BCUT2D eigenvalue weighted by molar-refractivity contribution is 5.76. The number of aromatic nitrogens is 2. The molecule has 0 saturated carbocycles. The molecule has 2 aromatic carbocycles. The van der Waals surface area contributed by atoms with Gasteiger partial charge in [-0.2, -0.15) is 4.98 Å². The Hall–Kier alpha value is -3.26. The Morgan fingerprint density at radius 1 is 1.23 bits per heavy atom. The molecular weight excluding hydrogens is 399 g/mol. The van der Waals surface area contributed by atoms with Crippen molar-refractivity contribution in [3.63, 3.8) is 0 Å². The predicted octanol–water partition coefficient (Wildman–Crippen LogP) is 3.63. The third-order valence-corrected chi connectivity index (χ3v) is 4.81. The van der Waals surface area contributed by atoms with E-state index in [1.54, 1.807) is 6.07 Å². The molecule has 1 amide bonds. The van der Waals surface area contributed by atoms with Crippen molar-refractivity contribution < 1.29 is 18.4 Å². The van der Waals surface area contributed by atoms with E-state index in [0.29, 0.717) is 31.3 Å². The van der Waals surface area contributed by atoms with Crippen LogP contribution in [0, 0.1) is 5.82 Å². The molecule has 1 aromatic heterocycles. The maximum Gasteiger partial charge on any atom is 0.227 e. The molecule has 164 valence electrons. The molecule has 1 heterocycles. The lowest BCUT2D eigenvalue weighted by molar-refractivity contribution is -0.121. The highest BCUT2D eigenvalue weighted by Gasteiger charge is 2.17. The van der Waals surface area contributed by atoms with Crippen LogP contribution in [0.1, 0.15) is 30.8 Å². The van der Waals surface area contributed by atoms with Crippen LogP contribution < -0.4 is 10.1 Å².